The first-order valence-electron chi connectivity index (χ1n) is 7.84. The molecule has 0 atom stereocenters. The fraction of sp³-hybridized carbons (Fsp3) is 0.412. The van der Waals surface area contributed by atoms with Gasteiger partial charge in [-0.05, 0) is 44.3 Å². The van der Waals surface area contributed by atoms with Crippen LogP contribution in [0.5, 0.6) is 0 Å². The van der Waals surface area contributed by atoms with Gasteiger partial charge in [0.05, 0.1) is 42.0 Å². The highest BCUT2D eigenvalue weighted by atomic mass is 32.1. The largest absolute Gasteiger partial charge is 0.469 e. The Morgan fingerprint density at radius 3 is 2.56 bits per heavy atom. The monoisotopic (exact) mass is 398 g/mol. The summed E-state index contributed by atoms with van der Waals surface area (Å²) in [6, 6.07) is 4.69. The van der Waals surface area contributed by atoms with Crippen LogP contribution in [0.15, 0.2) is 18.2 Å². The number of ether oxygens (including phenoxy) is 1. The number of methoxy groups -OCH3 is 1. The molecule has 0 spiro atoms. The minimum Gasteiger partial charge on any atom is -0.469 e. The third-order valence-corrected chi connectivity index (χ3v) is 4.76. The summed E-state index contributed by atoms with van der Waals surface area (Å²) in [5.74, 6) is -0.494. The second kappa shape index (κ2) is 7.15. The van der Waals surface area contributed by atoms with Crippen molar-refractivity contribution in [1.29, 1.82) is 10.7 Å². The normalized spacial score (nSPS) is 16.5. The summed E-state index contributed by atoms with van der Waals surface area (Å²) in [7, 11) is 1.25. The average molecular weight is 398 g/mol. The zero-order valence-electron chi connectivity index (χ0n) is 14.8. The Morgan fingerprint density at radius 2 is 2.04 bits per heavy atom. The highest BCUT2D eigenvalue weighted by molar-refractivity contribution is 7.80. The van der Waals surface area contributed by atoms with Crippen molar-refractivity contribution in [1.82, 2.24) is 4.90 Å². The molecule has 0 aliphatic carbocycles. The number of halogens is 3. The molecule has 10 heteroatoms. The number of hydrogen-bond acceptors (Lipinski definition) is 5. The lowest BCUT2D eigenvalue weighted by atomic mass is 10.0. The Balaban J connectivity index is 2.45. The van der Waals surface area contributed by atoms with Crippen LogP contribution >= 0.6 is 12.2 Å². The number of nitriles is 1. The van der Waals surface area contributed by atoms with Gasteiger partial charge in [-0.3, -0.25) is 15.1 Å². The first-order chi connectivity index (χ1) is 12.4. The maximum atomic E-state index is 13.3. The Bertz CT molecular complexity index is 846. The topological polar surface area (TPSA) is 80.4 Å². The molecule has 0 saturated carbocycles. The molecule has 1 aliphatic rings. The third-order valence-electron chi connectivity index (χ3n) is 4.35. The first-order valence-corrected chi connectivity index (χ1v) is 8.25. The lowest BCUT2D eigenvalue weighted by molar-refractivity contribution is -0.141. The number of rotatable bonds is 4. The quantitative estimate of drug-likeness (QED) is 0.619. The number of carbonyl (C=O) groups is 1. The first kappa shape index (κ1) is 20.6. The lowest BCUT2D eigenvalue weighted by Gasteiger charge is -2.30. The zero-order chi connectivity index (χ0) is 20.6. The van der Waals surface area contributed by atoms with E-state index in [1.807, 2.05) is 0 Å². The molecular formula is C17H17F3N4O2S. The van der Waals surface area contributed by atoms with Crippen molar-refractivity contribution in [2.24, 2.45) is 0 Å². The van der Waals surface area contributed by atoms with Crippen LogP contribution < -0.4 is 4.90 Å². The number of thiocarbonyl (C=S) groups is 1. The molecule has 1 aromatic rings. The van der Waals surface area contributed by atoms with Crippen molar-refractivity contribution in [3.05, 3.63) is 29.3 Å². The van der Waals surface area contributed by atoms with Gasteiger partial charge < -0.3 is 9.64 Å². The summed E-state index contributed by atoms with van der Waals surface area (Å²) in [4.78, 5) is 14.2. The fourth-order valence-corrected chi connectivity index (χ4v) is 3.30. The molecule has 27 heavy (non-hydrogen) atoms. The van der Waals surface area contributed by atoms with Crippen molar-refractivity contribution in [2.45, 2.75) is 32.0 Å². The van der Waals surface area contributed by atoms with Gasteiger partial charge in [-0.2, -0.15) is 18.4 Å². The molecule has 1 aromatic carbocycles. The molecule has 6 nitrogen and oxygen atoms in total. The van der Waals surface area contributed by atoms with Crippen molar-refractivity contribution in [3.8, 4) is 6.07 Å². The molecule has 144 valence electrons. The molecule has 1 fully saturated rings. The second-order valence-electron chi connectivity index (χ2n) is 6.34. The van der Waals surface area contributed by atoms with Gasteiger partial charge in [0.2, 0.25) is 0 Å². The summed E-state index contributed by atoms with van der Waals surface area (Å²) in [5.41, 5.74) is -2.50. The van der Waals surface area contributed by atoms with Crippen molar-refractivity contribution in [3.63, 3.8) is 0 Å². The molecule has 1 heterocycles. The highest BCUT2D eigenvalue weighted by Gasteiger charge is 2.47. The van der Waals surface area contributed by atoms with Gasteiger partial charge in [-0.15, -0.1) is 0 Å². The predicted molar refractivity (Wildman–Crippen MR) is 96.4 cm³/mol. The van der Waals surface area contributed by atoms with Gasteiger partial charge in [0.25, 0.3) is 0 Å². The molecule has 0 radical (unpaired) electrons. The Morgan fingerprint density at radius 1 is 1.41 bits per heavy atom. The van der Waals surface area contributed by atoms with Crippen molar-refractivity contribution in [2.75, 3.05) is 18.6 Å². The number of esters is 1. The minimum atomic E-state index is -4.72. The molecule has 1 saturated heterocycles. The number of anilines is 1. The van der Waals surface area contributed by atoms with Crippen LogP contribution in [-0.4, -0.2) is 41.0 Å². The number of nitrogens with one attached hydrogen (secondary N) is 1. The average Bonchev–Trinajstić information content (AvgIpc) is 2.76. The smallest absolute Gasteiger partial charge is 0.417 e. The van der Waals surface area contributed by atoms with E-state index in [4.69, 9.17) is 22.9 Å². The number of amidine groups is 1. The molecule has 2 rings (SSSR count). The third kappa shape index (κ3) is 3.73. The molecule has 1 N–H and O–H groups in total. The lowest BCUT2D eigenvalue weighted by Crippen LogP contribution is -2.44. The van der Waals surface area contributed by atoms with E-state index in [1.165, 1.54) is 24.1 Å². The summed E-state index contributed by atoms with van der Waals surface area (Å²) >= 11 is 5.37. The maximum Gasteiger partial charge on any atom is 0.417 e. The molecular weight excluding hydrogens is 381 g/mol. The van der Waals surface area contributed by atoms with Crippen LogP contribution in [0, 0.1) is 16.7 Å². The molecule has 0 unspecified atom stereocenters. The van der Waals surface area contributed by atoms with E-state index in [2.05, 4.69) is 4.74 Å². The van der Waals surface area contributed by atoms with Crippen LogP contribution in [0.2, 0.25) is 0 Å². The van der Waals surface area contributed by atoms with Gasteiger partial charge in [0, 0.05) is 6.54 Å². The molecule has 1 aliphatic heterocycles. The summed E-state index contributed by atoms with van der Waals surface area (Å²) in [6.07, 6.45) is -4.70. The van der Waals surface area contributed by atoms with Gasteiger partial charge in [0.15, 0.2) is 5.11 Å². The summed E-state index contributed by atoms with van der Waals surface area (Å²) in [5, 5.41) is 17.4. The van der Waals surface area contributed by atoms with Crippen LogP contribution in [0.4, 0.5) is 18.9 Å². The van der Waals surface area contributed by atoms with E-state index in [0.29, 0.717) is 0 Å². The van der Waals surface area contributed by atoms with E-state index in [0.717, 1.165) is 12.1 Å². The van der Waals surface area contributed by atoms with Gasteiger partial charge >= 0.3 is 12.1 Å². The van der Waals surface area contributed by atoms with Crippen LogP contribution in [0.3, 0.4) is 0 Å². The van der Waals surface area contributed by atoms with Crippen molar-refractivity contribution >= 4 is 34.8 Å². The zero-order valence-corrected chi connectivity index (χ0v) is 15.7. The van der Waals surface area contributed by atoms with E-state index < -0.39 is 28.8 Å². The van der Waals surface area contributed by atoms with Gasteiger partial charge in [-0.25, -0.2) is 0 Å². The van der Waals surface area contributed by atoms with Gasteiger partial charge in [0.1, 0.15) is 5.84 Å². The number of carbonyl (C=O) groups excluding carboxylic acids is 1. The molecule has 0 amide bonds. The van der Waals surface area contributed by atoms with Crippen LogP contribution in [-0.2, 0) is 15.7 Å². The number of nitrogens with zero attached hydrogens (tertiary/aromatic N) is 3. The van der Waals surface area contributed by atoms with E-state index in [1.54, 1.807) is 18.7 Å². The number of hydrogen-bond donors (Lipinski definition) is 1. The van der Waals surface area contributed by atoms with Crippen molar-refractivity contribution < 1.29 is 22.7 Å². The second-order valence-corrected chi connectivity index (χ2v) is 6.71. The Kier molecular flexibility index (Phi) is 5.47. The van der Waals surface area contributed by atoms with Crippen LogP contribution in [0.25, 0.3) is 0 Å². The Labute approximate surface area is 159 Å². The number of benzene rings is 1. The standard InChI is InChI=1S/C17H17F3N4O2S/c1-16(2)14(22)24(15(27)23(16)7-6-13(25)26-3)11-5-4-10(9-21)12(8-11)17(18,19)20/h4-5,8,22H,6-7H2,1-3H3. The number of alkyl halides is 3. The van der Waals surface area contributed by atoms with E-state index >= 15 is 0 Å². The molecule has 0 aromatic heterocycles. The maximum absolute atomic E-state index is 13.3. The van der Waals surface area contributed by atoms with Gasteiger partial charge in [-0.1, -0.05) is 0 Å². The SMILES string of the molecule is COC(=O)CCN1C(=S)N(c2ccc(C#N)c(C(F)(F)F)c2)C(=N)C1(C)C. The fourth-order valence-electron chi connectivity index (χ4n) is 2.78. The Hall–Kier alpha value is -2.67. The van der Waals surface area contributed by atoms with E-state index in [-0.39, 0.29) is 29.6 Å². The summed E-state index contributed by atoms with van der Waals surface area (Å²) in [6.45, 7) is 3.53. The predicted octanol–water partition coefficient (Wildman–Crippen LogP) is 3.30. The van der Waals surface area contributed by atoms with E-state index in [9.17, 15) is 18.0 Å². The van der Waals surface area contributed by atoms with Crippen LogP contribution in [0.1, 0.15) is 31.4 Å². The summed E-state index contributed by atoms with van der Waals surface area (Å²) < 4.78 is 44.4. The minimum absolute atomic E-state index is 0.0162. The highest BCUT2D eigenvalue weighted by Crippen LogP contribution is 2.37. The molecule has 0 bridgehead atoms.